The highest BCUT2D eigenvalue weighted by Gasteiger charge is 2.55. The molecule has 0 aromatic heterocycles. The van der Waals surface area contributed by atoms with Gasteiger partial charge in [-0.15, -0.1) is 11.6 Å². The predicted octanol–water partition coefficient (Wildman–Crippen LogP) is 1.93. The number of alkyl halides is 1. The van der Waals surface area contributed by atoms with E-state index in [1.54, 1.807) is 0 Å². The molecule has 0 aromatic rings. The van der Waals surface area contributed by atoms with Crippen LogP contribution in [0.4, 0.5) is 4.79 Å². The number of hydrogen-bond acceptors (Lipinski definition) is 4. The summed E-state index contributed by atoms with van der Waals surface area (Å²) in [7, 11) is -3.16. The lowest BCUT2D eigenvalue weighted by Gasteiger charge is -2.58. The van der Waals surface area contributed by atoms with E-state index in [-0.39, 0.29) is 17.2 Å². The van der Waals surface area contributed by atoms with E-state index >= 15 is 0 Å². The van der Waals surface area contributed by atoms with E-state index in [1.807, 2.05) is 20.8 Å². The van der Waals surface area contributed by atoms with E-state index in [2.05, 4.69) is 5.32 Å². The van der Waals surface area contributed by atoms with Crippen LogP contribution in [0.1, 0.15) is 40.0 Å². The summed E-state index contributed by atoms with van der Waals surface area (Å²) in [4.78, 5) is 11.7. The highest BCUT2D eigenvalue weighted by molar-refractivity contribution is 7.89. The number of hydrogen-bond donors (Lipinski definition) is 1. The zero-order valence-electron chi connectivity index (χ0n) is 13.4. The molecule has 1 amide bonds. The SMILES string of the molecule is CC(C)(C)OC(=O)NC1CC2(C1)CN(S(=O)(=O)CCCCl)C2. The number of sulfonamides is 1. The quantitative estimate of drug-likeness (QED) is 0.767. The van der Waals surface area contributed by atoms with Crippen LogP contribution in [0.25, 0.3) is 0 Å². The fourth-order valence-corrected chi connectivity index (χ4v) is 5.09. The third-order valence-electron chi connectivity index (χ3n) is 4.03. The molecule has 1 heterocycles. The van der Waals surface area contributed by atoms with E-state index in [9.17, 15) is 13.2 Å². The number of amides is 1. The van der Waals surface area contributed by atoms with Crippen molar-refractivity contribution in [2.45, 2.75) is 51.7 Å². The molecule has 2 fully saturated rings. The van der Waals surface area contributed by atoms with E-state index in [0.29, 0.717) is 25.4 Å². The molecule has 6 nitrogen and oxygen atoms in total. The van der Waals surface area contributed by atoms with Gasteiger partial charge >= 0.3 is 6.09 Å². The summed E-state index contributed by atoms with van der Waals surface area (Å²) in [5.74, 6) is 0.478. The van der Waals surface area contributed by atoms with Gasteiger partial charge in [-0.1, -0.05) is 0 Å². The lowest BCUT2D eigenvalue weighted by Crippen LogP contribution is -2.67. The number of alkyl carbamates (subject to hydrolysis) is 1. The molecule has 0 atom stereocenters. The summed E-state index contributed by atoms with van der Waals surface area (Å²) in [6.07, 6.45) is 1.70. The van der Waals surface area contributed by atoms with Crippen LogP contribution in [0.2, 0.25) is 0 Å². The Hall–Kier alpha value is -0.530. The van der Waals surface area contributed by atoms with Crippen LogP contribution in [0.15, 0.2) is 0 Å². The summed E-state index contributed by atoms with van der Waals surface area (Å²) in [6.45, 7) is 6.59. The zero-order valence-corrected chi connectivity index (χ0v) is 15.0. The van der Waals surface area contributed by atoms with E-state index in [4.69, 9.17) is 16.3 Å². The van der Waals surface area contributed by atoms with Gasteiger partial charge in [-0.2, -0.15) is 0 Å². The molecule has 1 spiro atoms. The van der Waals surface area contributed by atoms with Crippen LogP contribution >= 0.6 is 11.6 Å². The highest BCUT2D eigenvalue weighted by Crippen LogP contribution is 2.49. The highest BCUT2D eigenvalue weighted by atomic mass is 35.5. The molecule has 22 heavy (non-hydrogen) atoms. The Morgan fingerprint density at radius 3 is 2.45 bits per heavy atom. The van der Waals surface area contributed by atoms with Gasteiger partial charge in [-0.25, -0.2) is 17.5 Å². The average Bonchev–Trinajstić information content (AvgIpc) is 2.25. The molecule has 2 rings (SSSR count). The van der Waals surface area contributed by atoms with Crippen LogP contribution in [0.5, 0.6) is 0 Å². The molecule has 128 valence electrons. The van der Waals surface area contributed by atoms with Crippen molar-refractivity contribution in [1.29, 1.82) is 0 Å². The largest absolute Gasteiger partial charge is 0.444 e. The minimum atomic E-state index is -3.16. The van der Waals surface area contributed by atoms with Crippen molar-refractivity contribution in [3.8, 4) is 0 Å². The summed E-state index contributed by atoms with van der Waals surface area (Å²) in [5.41, 5.74) is -0.455. The first kappa shape index (κ1) is 17.8. The van der Waals surface area contributed by atoms with Crippen molar-refractivity contribution in [3.05, 3.63) is 0 Å². The number of nitrogens with one attached hydrogen (secondary N) is 1. The molecule has 1 aliphatic carbocycles. The van der Waals surface area contributed by atoms with Crippen LogP contribution in [-0.2, 0) is 14.8 Å². The number of rotatable bonds is 5. The van der Waals surface area contributed by atoms with E-state index in [1.165, 1.54) is 4.31 Å². The van der Waals surface area contributed by atoms with Crippen molar-refractivity contribution >= 4 is 27.7 Å². The second-order valence-corrected chi connectivity index (χ2v) is 9.84. The second kappa shape index (κ2) is 6.17. The van der Waals surface area contributed by atoms with Gasteiger partial charge in [0.05, 0.1) is 5.75 Å². The number of nitrogens with zero attached hydrogens (tertiary/aromatic N) is 1. The molecule has 2 aliphatic rings. The Balaban J connectivity index is 1.71. The van der Waals surface area contributed by atoms with Crippen LogP contribution in [0.3, 0.4) is 0 Å². The minimum absolute atomic E-state index is 0.0493. The minimum Gasteiger partial charge on any atom is -0.444 e. The molecule has 0 unspecified atom stereocenters. The summed E-state index contributed by atoms with van der Waals surface area (Å²) in [5, 5.41) is 2.84. The van der Waals surface area contributed by atoms with Gasteiger partial charge in [-0.05, 0) is 40.0 Å². The third-order valence-corrected chi connectivity index (χ3v) is 6.15. The number of carbonyl (C=O) groups excluding carboxylic acids is 1. The number of halogens is 1. The van der Waals surface area contributed by atoms with Crippen molar-refractivity contribution in [1.82, 2.24) is 9.62 Å². The molecule has 0 bridgehead atoms. The second-order valence-electron chi connectivity index (χ2n) is 7.38. The van der Waals surface area contributed by atoms with Crippen molar-refractivity contribution in [2.24, 2.45) is 5.41 Å². The topological polar surface area (TPSA) is 75.7 Å². The van der Waals surface area contributed by atoms with Gasteiger partial charge in [0.15, 0.2) is 0 Å². The standard InChI is InChI=1S/C14H25ClN2O4S/c1-13(2,3)21-12(18)16-11-7-14(8-11)9-17(10-14)22(19,20)6-4-5-15/h11H,4-10H2,1-3H3,(H,16,18). The maximum atomic E-state index is 12.0. The molecule has 1 aliphatic heterocycles. The Morgan fingerprint density at radius 2 is 1.95 bits per heavy atom. The Labute approximate surface area is 137 Å². The Kier molecular flexibility index (Phi) is 5.00. The molecule has 0 aromatic carbocycles. The lowest BCUT2D eigenvalue weighted by atomic mass is 9.61. The van der Waals surface area contributed by atoms with Crippen LogP contribution < -0.4 is 5.32 Å². The summed E-state index contributed by atoms with van der Waals surface area (Å²) >= 11 is 5.55. The molecular formula is C14H25ClN2O4S. The Bertz CT molecular complexity index is 515. The van der Waals surface area contributed by atoms with Gasteiger partial charge in [0, 0.05) is 30.4 Å². The fourth-order valence-electron chi connectivity index (χ4n) is 3.08. The summed E-state index contributed by atoms with van der Waals surface area (Å²) < 4.78 is 30.7. The van der Waals surface area contributed by atoms with Gasteiger partial charge in [0.1, 0.15) is 5.60 Å². The number of carbonyl (C=O) groups is 1. The van der Waals surface area contributed by atoms with E-state index < -0.39 is 21.7 Å². The van der Waals surface area contributed by atoms with Crippen molar-refractivity contribution < 1.29 is 17.9 Å². The van der Waals surface area contributed by atoms with Crippen LogP contribution in [0, 0.1) is 5.41 Å². The Morgan fingerprint density at radius 1 is 1.36 bits per heavy atom. The van der Waals surface area contributed by atoms with Gasteiger partial charge in [-0.3, -0.25) is 0 Å². The van der Waals surface area contributed by atoms with Crippen molar-refractivity contribution in [2.75, 3.05) is 24.7 Å². The molecule has 1 saturated heterocycles. The molecular weight excluding hydrogens is 328 g/mol. The molecule has 1 saturated carbocycles. The summed E-state index contributed by atoms with van der Waals surface area (Å²) in [6, 6.07) is 0.0857. The third kappa shape index (κ3) is 4.26. The van der Waals surface area contributed by atoms with Gasteiger partial charge in [0.25, 0.3) is 0 Å². The maximum Gasteiger partial charge on any atom is 0.407 e. The first-order chi connectivity index (χ1) is 10.1. The predicted molar refractivity (Wildman–Crippen MR) is 85.5 cm³/mol. The van der Waals surface area contributed by atoms with E-state index in [0.717, 1.165) is 12.8 Å². The van der Waals surface area contributed by atoms with Crippen molar-refractivity contribution in [3.63, 3.8) is 0 Å². The molecule has 1 N–H and O–H groups in total. The van der Waals surface area contributed by atoms with Gasteiger partial charge < -0.3 is 10.1 Å². The lowest BCUT2D eigenvalue weighted by molar-refractivity contribution is -0.0367. The smallest absolute Gasteiger partial charge is 0.407 e. The first-order valence-corrected chi connectivity index (χ1v) is 9.73. The maximum absolute atomic E-state index is 12.0. The zero-order chi connectivity index (χ0) is 16.6. The number of ether oxygens (including phenoxy) is 1. The normalized spacial score (nSPS) is 22.0. The fraction of sp³-hybridized carbons (Fsp3) is 0.929. The average molecular weight is 353 g/mol. The molecule has 0 radical (unpaired) electrons. The molecule has 8 heteroatoms. The monoisotopic (exact) mass is 352 g/mol. The van der Waals surface area contributed by atoms with Gasteiger partial charge in [0.2, 0.25) is 10.0 Å². The van der Waals surface area contributed by atoms with Crippen LogP contribution in [-0.4, -0.2) is 55.2 Å². The first-order valence-electron chi connectivity index (χ1n) is 7.59.